The Labute approximate surface area is 251 Å². The lowest BCUT2D eigenvalue weighted by Gasteiger charge is -2.25. The summed E-state index contributed by atoms with van der Waals surface area (Å²) in [5, 5.41) is 0. The van der Waals surface area contributed by atoms with Crippen molar-refractivity contribution in [1.82, 2.24) is 4.57 Å². The maximum atomic E-state index is 14.0. The van der Waals surface area contributed by atoms with E-state index >= 15 is 0 Å². The van der Waals surface area contributed by atoms with Gasteiger partial charge in [-0.2, -0.15) is 0 Å². The highest BCUT2D eigenvalue weighted by atomic mass is 32.1. The van der Waals surface area contributed by atoms with E-state index in [1.165, 1.54) is 32.6 Å². The van der Waals surface area contributed by atoms with Gasteiger partial charge in [0.25, 0.3) is 5.56 Å². The lowest BCUT2D eigenvalue weighted by atomic mass is 9.95. The number of methoxy groups -OCH3 is 2. The quantitative estimate of drug-likeness (QED) is 0.265. The molecule has 1 aliphatic heterocycles. The van der Waals surface area contributed by atoms with E-state index in [1.54, 1.807) is 49.4 Å². The molecule has 0 saturated carbocycles. The molecule has 1 aromatic heterocycles. The van der Waals surface area contributed by atoms with Crippen molar-refractivity contribution in [3.63, 3.8) is 0 Å². The van der Waals surface area contributed by atoms with Gasteiger partial charge in [0.05, 0.1) is 42.7 Å². The molecule has 12 heteroatoms. The third kappa shape index (κ3) is 6.86. The Bertz CT molecular complexity index is 1800. The molecule has 226 valence electrons. The number of allylic oxidation sites excluding steroid dienone is 1. The van der Waals surface area contributed by atoms with E-state index in [-0.39, 0.29) is 40.9 Å². The Kier molecular flexibility index (Phi) is 9.50. The van der Waals surface area contributed by atoms with Gasteiger partial charge in [-0.15, -0.1) is 0 Å². The molecule has 2 aromatic carbocycles. The van der Waals surface area contributed by atoms with Crippen LogP contribution in [0.4, 0.5) is 0 Å². The van der Waals surface area contributed by atoms with Gasteiger partial charge in [-0.25, -0.2) is 9.79 Å². The first-order valence-corrected chi connectivity index (χ1v) is 14.2. The smallest absolute Gasteiger partial charge is 0.338 e. The molecule has 11 nitrogen and oxygen atoms in total. The second kappa shape index (κ2) is 13.1. The largest absolute Gasteiger partial charge is 0.493 e. The Morgan fingerprint density at radius 2 is 1.56 bits per heavy atom. The average molecular weight is 609 g/mol. The van der Waals surface area contributed by atoms with Crippen LogP contribution in [0.25, 0.3) is 6.08 Å². The monoisotopic (exact) mass is 608 g/mol. The third-order valence-electron chi connectivity index (χ3n) is 6.29. The van der Waals surface area contributed by atoms with Crippen LogP contribution in [0.15, 0.2) is 57.5 Å². The minimum atomic E-state index is -0.904. The predicted octanol–water partition coefficient (Wildman–Crippen LogP) is 3.30. The first-order valence-electron chi connectivity index (χ1n) is 13.4. The van der Waals surface area contributed by atoms with Gasteiger partial charge in [-0.05, 0) is 54.3 Å². The fraction of sp³-hybridized carbons (Fsp3) is 0.323. The van der Waals surface area contributed by atoms with Crippen LogP contribution in [-0.2, 0) is 19.1 Å². The second-order valence-electron chi connectivity index (χ2n) is 10.1. The molecule has 0 fully saturated rings. The standard InChI is InChI=1S/C31H32N2O9S/c1-16(2)15-40-30(37)27-17(3)32-31-33(28(27)21-9-11-23(42-19(5)35)25(14-21)39-7)29(36)26(43-31)13-20-8-10-22(41-18(4)34)24(12-20)38-6/h8-14,16,28H,15H2,1-7H3/b26-13+/t28-/m0/s1. The van der Waals surface area contributed by atoms with Crippen molar-refractivity contribution in [3.05, 3.63) is 78.5 Å². The summed E-state index contributed by atoms with van der Waals surface area (Å²) in [7, 11) is 2.88. The molecule has 0 amide bonds. The van der Waals surface area contributed by atoms with Gasteiger partial charge in [-0.1, -0.05) is 37.3 Å². The summed E-state index contributed by atoms with van der Waals surface area (Å²) in [4.78, 5) is 55.5. The van der Waals surface area contributed by atoms with E-state index < -0.39 is 23.9 Å². The summed E-state index contributed by atoms with van der Waals surface area (Å²) in [6, 6.07) is 8.84. The number of ether oxygens (including phenoxy) is 5. The number of carbonyl (C=O) groups excluding carboxylic acids is 3. The van der Waals surface area contributed by atoms with Crippen LogP contribution in [0.3, 0.4) is 0 Å². The summed E-state index contributed by atoms with van der Waals surface area (Å²) in [5.74, 6) is -0.498. The summed E-state index contributed by atoms with van der Waals surface area (Å²) in [6.07, 6.45) is 1.67. The number of rotatable bonds is 9. The van der Waals surface area contributed by atoms with Crippen LogP contribution < -0.4 is 33.8 Å². The maximum Gasteiger partial charge on any atom is 0.338 e. The fourth-order valence-corrected chi connectivity index (χ4v) is 5.52. The van der Waals surface area contributed by atoms with Crippen molar-refractivity contribution in [2.24, 2.45) is 10.9 Å². The minimum absolute atomic E-state index is 0.0943. The first kappa shape index (κ1) is 31.2. The van der Waals surface area contributed by atoms with Crippen molar-refractivity contribution in [3.8, 4) is 23.0 Å². The van der Waals surface area contributed by atoms with Crippen LogP contribution in [0, 0.1) is 5.92 Å². The van der Waals surface area contributed by atoms with Crippen molar-refractivity contribution in [2.75, 3.05) is 20.8 Å². The minimum Gasteiger partial charge on any atom is -0.493 e. The normalized spacial score (nSPS) is 14.6. The van der Waals surface area contributed by atoms with Gasteiger partial charge >= 0.3 is 17.9 Å². The number of nitrogens with zero attached hydrogens (tertiary/aromatic N) is 2. The molecule has 0 aliphatic carbocycles. The number of hydrogen-bond acceptors (Lipinski definition) is 11. The van der Waals surface area contributed by atoms with Crippen molar-refractivity contribution in [1.29, 1.82) is 0 Å². The van der Waals surface area contributed by atoms with Gasteiger partial charge in [0.2, 0.25) is 0 Å². The SMILES string of the molecule is COc1cc(/C=c2/sc3n(c2=O)[C@@H](c2ccc(OC(C)=O)c(OC)c2)C(C(=O)OCC(C)C)=C(C)N=3)ccc1OC(C)=O. The summed E-state index contributed by atoms with van der Waals surface area (Å²) < 4.78 is 28.7. The highest BCUT2D eigenvalue weighted by Gasteiger charge is 2.34. The molecular weight excluding hydrogens is 576 g/mol. The highest BCUT2D eigenvalue weighted by molar-refractivity contribution is 7.07. The number of benzene rings is 2. The van der Waals surface area contributed by atoms with E-state index in [4.69, 9.17) is 23.7 Å². The number of thiazole rings is 1. The van der Waals surface area contributed by atoms with Crippen LogP contribution >= 0.6 is 11.3 Å². The number of esters is 3. The van der Waals surface area contributed by atoms with Gasteiger partial charge < -0.3 is 23.7 Å². The van der Waals surface area contributed by atoms with E-state index in [9.17, 15) is 19.2 Å². The molecule has 0 bridgehead atoms. The number of fused-ring (bicyclic) bond motifs is 1. The van der Waals surface area contributed by atoms with Gasteiger partial charge in [0.15, 0.2) is 27.8 Å². The van der Waals surface area contributed by atoms with Crippen LogP contribution in [0.5, 0.6) is 23.0 Å². The molecule has 0 radical (unpaired) electrons. The number of carbonyl (C=O) groups is 3. The molecule has 2 heterocycles. The molecule has 0 spiro atoms. The summed E-state index contributed by atoms with van der Waals surface area (Å²) in [6.45, 7) is 8.30. The van der Waals surface area contributed by atoms with Crippen LogP contribution in [0.1, 0.15) is 51.8 Å². The molecular formula is C31H32N2O9S. The molecule has 3 aromatic rings. The zero-order valence-electron chi connectivity index (χ0n) is 24.9. The fourth-order valence-electron chi connectivity index (χ4n) is 4.48. The van der Waals surface area contributed by atoms with E-state index in [0.29, 0.717) is 31.9 Å². The Hall–Kier alpha value is -4.71. The molecule has 4 rings (SSSR count). The average Bonchev–Trinajstić information content (AvgIpc) is 3.25. The third-order valence-corrected chi connectivity index (χ3v) is 7.27. The van der Waals surface area contributed by atoms with E-state index in [2.05, 4.69) is 4.99 Å². The zero-order chi connectivity index (χ0) is 31.4. The number of aromatic nitrogens is 1. The van der Waals surface area contributed by atoms with Gasteiger partial charge in [0, 0.05) is 13.8 Å². The Balaban J connectivity index is 1.90. The summed E-state index contributed by atoms with van der Waals surface area (Å²) in [5.41, 5.74) is 1.37. The number of hydrogen-bond donors (Lipinski definition) is 0. The lowest BCUT2D eigenvalue weighted by Crippen LogP contribution is -2.40. The maximum absolute atomic E-state index is 14.0. The molecule has 0 unspecified atom stereocenters. The first-order chi connectivity index (χ1) is 20.4. The molecule has 0 saturated heterocycles. The topological polar surface area (TPSA) is 132 Å². The van der Waals surface area contributed by atoms with Crippen molar-refractivity contribution in [2.45, 2.75) is 40.7 Å². The Morgan fingerprint density at radius 1 is 0.953 bits per heavy atom. The van der Waals surface area contributed by atoms with E-state index in [0.717, 1.165) is 11.3 Å². The highest BCUT2D eigenvalue weighted by Crippen LogP contribution is 2.36. The van der Waals surface area contributed by atoms with E-state index in [1.807, 2.05) is 13.8 Å². The van der Waals surface area contributed by atoms with Crippen LogP contribution in [-0.4, -0.2) is 43.3 Å². The van der Waals surface area contributed by atoms with Crippen LogP contribution in [0.2, 0.25) is 0 Å². The Morgan fingerprint density at radius 3 is 2.14 bits per heavy atom. The molecule has 1 aliphatic rings. The van der Waals surface area contributed by atoms with Gasteiger partial charge in [0.1, 0.15) is 0 Å². The molecule has 0 N–H and O–H groups in total. The second-order valence-corrected chi connectivity index (χ2v) is 11.1. The van der Waals surface area contributed by atoms with Crippen molar-refractivity contribution >= 4 is 35.3 Å². The predicted molar refractivity (Wildman–Crippen MR) is 158 cm³/mol. The van der Waals surface area contributed by atoms with Gasteiger partial charge in [-0.3, -0.25) is 19.0 Å². The lowest BCUT2D eigenvalue weighted by molar-refractivity contribution is -0.140. The molecule has 43 heavy (non-hydrogen) atoms. The zero-order valence-corrected chi connectivity index (χ0v) is 25.7. The summed E-state index contributed by atoms with van der Waals surface area (Å²) >= 11 is 1.16. The molecule has 1 atom stereocenters. The van der Waals surface area contributed by atoms with Crippen molar-refractivity contribution < 1.29 is 38.1 Å².